The first-order chi connectivity index (χ1) is 11.1. The Balaban J connectivity index is 2.11. The monoisotopic (exact) mass is 351 g/mol. The first kappa shape index (κ1) is 16.4. The number of halogens is 2. The highest BCUT2D eigenvalue weighted by Crippen LogP contribution is 2.39. The fourth-order valence-corrected chi connectivity index (χ4v) is 3.41. The molecule has 1 aliphatic rings. The van der Waals surface area contributed by atoms with Gasteiger partial charge in [-0.05, 0) is 60.4 Å². The Labute approximate surface area is 146 Å². The molecular formula is C18H19Cl2NO2. The fourth-order valence-electron chi connectivity index (χ4n) is 3.01. The van der Waals surface area contributed by atoms with E-state index in [-0.39, 0.29) is 6.04 Å². The van der Waals surface area contributed by atoms with E-state index in [9.17, 15) is 0 Å². The van der Waals surface area contributed by atoms with Gasteiger partial charge in [0.1, 0.15) is 0 Å². The zero-order chi connectivity index (χ0) is 16.4. The second kappa shape index (κ2) is 7.00. The van der Waals surface area contributed by atoms with Crippen LogP contribution in [0.4, 0.5) is 0 Å². The van der Waals surface area contributed by atoms with Gasteiger partial charge >= 0.3 is 0 Å². The van der Waals surface area contributed by atoms with Crippen LogP contribution in [0.25, 0.3) is 0 Å². The average molecular weight is 352 g/mol. The Morgan fingerprint density at radius 1 is 1.13 bits per heavy atom. The lowest BCUT2D eigenvalue weighted by molar-refractivity contribution is 0.309. The van der Waals surface area contributed by atoms with Crippen molar-refractivity contribution in [2.24, 2.45) is 0 Å². The molecule has 0 saturated carbocycles. The van der Waals surface area contributed by atoms with Gasteiger partial charge in [-0.3, -0.25) is 0 Å². The molecule has 23 heavy (non-hydrogen) atoms. The number of ether oxygens (including phenoxy) is 2. The third-order valence-corrected chi connectivity index (χ3v) is 4.63. The van der Waals surface area contributed by atoms with Gasteiger partial charge in [0.15, 0.2) is 11.5 Å². The summed E-state index contributed by atoms with van der Waals surface area (Å²) < 4.78 is 11.2. The molecule has 0 saturated heterocycles. The maximum atomic E-state index is 6.40. The minimum atomic E-state index is -0.00457. The maximum Gasteiger partial charge on any atom is 0.161 e. The van der Waals surface area contributed by atoms with E-state index in [1.807, 2.05) is 25.1 Å². The van der Waals surface area contributed by atoms with Gasteiger partial charge in [0.05, 0.1) is 19.8 Å². The van der Waals surface area contributed by atoms with Crippen LogP contribution in [0.5, 0.6) is 11.5 Å². The molecule has 1 heterocycles. The number of methoxy groups -OCH3 is 1. The summed E-state index contributed by atoms with van der Waals surface area (Å²) in [7, 11) is 1.66. The lowest BCUT2D eigenvalue weighted by atomic mass is 9.89. The summed E-state index contributed by atoms with van der Waals surface area (Å²) in [6, 6.07) is 9.66. The van der Waals surface area contributed by atoms with Crippen LogP contribution in [-0.2, 0) is 6.42 Å². The van der Waals surface area contributed by atoms with Crippen LogP contribution >= 0.6 is 23.2 Å². The van der Waals surface area contributed by atoms with Crippen LogP contribution in [0.3, 0.4) is 0 Å². The Morgan fingerprint density at radius 2 is 1.96 bits per heavy atom. The van der Waals surface area contributed by atoms with Crippen LogP contribution < -0.4 is 14.8 Å². The summed E-state index contributed by atoms with van der Waals surface area (Å²) in [5.41, 5.74) is 3.38. The Morgan fingerprint density at radius 3 is 2.70 bits per heavy atom. The van der Waals surface area contributed by atoms with E-state index >= 15 is 0 Å². The van der Waals surface area contributed by atoms with Crippen LogP contribution in [0.1, 0.15) is 29.7 Å². The molecule has 0 spiro atoms. The van der Waals surface area contributed by atoms with Gasteiger partial charge < -0.3 is 14.8 Å². The zero-order valence-electron chi connectivity index (χ0n) is 13.2. The molecule has 5 heteroatoms. The molecule has 1 aliphatic heterocycles. The SMILES string of the molecule is CCOc1cc2c(cc1OC)CCNC2c1cc(Cl)ccc1Cl. The van der Waals surface area contributed by atoms with Gasteiger partial charge in [-0.25, -0.2) is 0 Å². The minimum Gasteiger partial charge on any atom is -0.493 e. The van der Waals surface area contributed by atoms with Crippen LogP contribution in [-0.4, -0.2) is 20.3 Å². The molecule has 0 bridgehead atoms. The molecule has 3 rings (SSSR count). The highest BCUT2D eigenvalue weighted by Gasteiger charge is 2.25. The molecule has 1 unspecified atom stereocenters. The molecule has 0 fully saturated rings. The van der Waals surface area contributed by atoms with E-state index in [1.54, 1.807) is 13.2 Å². The molecule has 2 aromatic rings. The van der Waals surface area contributed by atoms with Crippen molar-refractivity contribution in [1.82, 2.24) is 5.32 Å². The molecule has 0 aliphatic carbocycles. The summed E-state index contributed by atoms with van der Waals surface area (Å²) in [6.07, 6.45) is 0.937. The largest absolute Gasteiger partial charge is 0.493 e. The van der Waals surface area contributed by atoms with Crippen LogP contribution in [0, 0.1) is 0 Å². The predicted molar refractivity (Wildman–Crippen MR) is 94.2 cm³/mol. The molecule has 122 valence electrons. The van der Waals surface area contributed by atoms with Gasteiger partial charge in [0.25, 0.3) is 0 Å². The quantitative estimate of drug-likeness (QED) is 0.870. The van der Waals surface area contributed by atoms with Crippen molar-refractivity contribution in [2.75, 3.05) is 20.3 Å². The summed E-state index contributed by atoms with van der Waals surface area (Å²) in [5.74, 6) is 1.52. The second-order valence-corrected chi connectivity index (χ2v) is 6.28. The summed E-state index contributed by atoms with van der Waals surface area (Å²) in [6.45, 7) is 3.42. The number of fused-ring (bicyclic) bond motifs is 1. The van der Waals surface area contributed by atoms with E-state index in [0.29, 0.717) is 16.7 Å². The fraction of sp³-hybridized carbons (Fsp3) is 0.333. The van der Waals surface area contributed by atoms with Crippen molar-refractivity contribution in [3.63, 3.8) is 0 Å². The molecule has 0 amide bonds. The first-order valence-corrected chi connectivity index (χ1v) is 8.41. The van der Waals surface area contributed by atoms with Crippen molar-refractivity contribution in [3.8, 4) is 11.5 Å². The molecule has 1 atom stereocenters. The summed E-state index contributed by atoms with van der Waals surface area (Å²) in [5, 5.41) is 4.91. The molecule has 2 aromatic carbocycles. The van der Waals surface area contributed by atoms with E-state index < -0.39 is 0 Å². The third kappa shape index (κ3) is 3.27. The summed E-state index contributed by atoms with van der Waals surface area (Å²) >= 11 is 12.6. The van der Waals surface area contributed by atoms with Gasteiger partial charge in [-0.15, -0.1) is 0 Å². The lowest BCUT2D eigenvalue weighted by Crippen LogP contribution is -2.31. The average Bonchev–Trinajstić information content (AvgIpc) is 2.56. The maximum absolute atomic E-state index is 6.40. The van der Waals surface area contributed by atoms with E-state index in [1.165, 1.54) is 5.56 Å². The van der Waals surface area contributed by atoms with E-state index in [0.717, 1.165) is 35.6 Å². The minimum absolute atomic E-state index is 0.00457. The van der Waals surface area contributed by atoms with Crippen molar-refractivity contribution < 1.29 is 9.47 Å². The Bertz CT molecular complexity index is 718. The molecule has 0 aromatic heterocycles. The zero-order valence-corrected chi connectivity index (χ0v) is 14.7. The van der Waals surface area contributed by atoms with Crippen molar-refractivity contribution >= 4 is 23.2 Å². The summed E-state index contributed by atoms with van der Waals surface area (Å²) in [4.78, 5) is 0. The number of benzene rings is 2. The van der Waals surface area contributed by atoms with Crippen LogP contribution in [0.15, 0.2) is 30.3 Å². The van der Waals surface area contributed by atoms with Crippen molar-refractivity contribution in [1.29, 1.82) is 0 Å². The lowest BCUT2D eigenvalue weighted by Gasteiger charge is -2.29. The molecule has 0 radical (unpaired) electrons. The topological polar surface area (TPSA) is 30.5 Å². The van der Waals surface area contributed by atoms with Gasteiger partial charge in [-0.1, -0.05) is 23.2 Å². The highest BCUT2D eigenvalue weighted by atomic mass is 35.5. The standard InChI is InChI=1S/C18H19Cl2NO2/c1-3-23-17-10-13-11(8-16(17)22-2)6-7-21-18(13)14-9-12(19)4-5-15(14)20/h4-5,8-10,18,21H,3,6-7H2,1-2H3. The van der Waals surface area contributed by atoms with Crippen LogP contribution in [0.2, 0.25) is 10.0 Å². The predicted octanol–water partition coefficient (Wildman–Crippen LogP) is 4.64. The number of rotatable bonds is 4. The Kier molecular flexibility index (Phi) is 5.00. The van der Waals surface area contributed by atoms with Gasteiger partial charge in [0, 0.05) is 16.6 Å². The number of hydrogen-bond acceptors (Lipinski definition) is 3. The third-order valence-electron chi connectivity index (χ3n) is 4.05. The Hall–Kier alpha value is -1.42. The van der Waals surface area contributed by atoms with Gasteiger partial charge in [-0.2, -0.15) is 0 Å². The normalized spacial score (nSPS) is 16.8. The molecular weight excluding hydrogens is 333 g/mol. The van der Waals surface area contributed by atoms with Crippen molar-refractivity contribution in [2.45, 2.75) is 19.4 Å². The molecule has 3 nitrogen and oxygen atoms in total. The van der Waals surface area contributed by atoms with Crippen molar-refractivity contribution in [3.05, 3.63) is 57.1 Å². The molecule has 1 N–H and O–H groups in total. The number of nitrogens with one attached hydrogen (secondary N) is 1. The first-order valence-electron chi connectivity index (χ1n) is 7.66. The second-order valence-electron chi connectivity index (χ2n) is 5.44. The number of hydrogen-bond donors (Lipinski definition) is 1. The smallest absolute Gasteiger partial charge is 0.161 e. The van der Waals surface area contributed by atoms with Gasteiger partial charge in [0.2, 0.25) is 0 Å². The highest BCUT2D eigenvalue weighted by molar-refractivity contribution is 6.33. The van der Waals surface area contributed by atoms with E-state index in [2.05, 4.69) is 11.4 Å². The van der Waals surface area contributed by atoms with E-state index in [4.69, 9.17) is 32.7 Å².